The summed E-state index contributed by atoms with van der Waals surface area (Å²) in [6.45, 7) is 13.3. The lowest BCUT2D eigenvalue weighted by atomic mass is 9.69. The van der Waals surface area contributed by atoms with Gasteiger partial charge in [-0.3, -0.25) is 14.7 Å². The lowest BCUT2D eigenvalue weighted by Gasteiger charge is -2.41. The Kier molecular flexibility index (Phi) is 7.04. The number of pyridine rings is 1. The fraction of sp³-hybridized carbons (Fsp3) is 0.600. The van der Waals surface area contributed by atoms with E-state index in [0.717, 1.165) is 51.1 Å². The van der Waals surface area contributed by atoms with Gasteiger partial charge in [0.25, 0.3) is 0 Å². The number of nitrogens with zero attached hydrogens (tertiary/aromatic N) is 5. The summed E-state index contributed by atoms with van der Waals surface area (Å²) >= 11 is 0. The highest BCUT2D eigenvalue weighted by atomic mass is 16.4. The van der Waals surface area contributed by atoms with E-state index in [1.807, 2.05) is 17.0 Å². The lowest BCUT2D eigenvalue weighted by Crippen LogP contribution is -2.50. The van der Waals surface area contributed by atoms with Crippen LogP contribution in [-0.4, -0.2) is 63.6 Å². The predicted octanol–water partition coefficient (Wildman–Crippen LogP) is 3.69. The van der Waals surface area contributed by atoms with Crippen molar-refractivity contribution >= 4 is 5.91 Å². The molecular weight excluding hydrogens is 402 g/mol. The minimum Gasteiger partial charge on any atom is -0.421 e. The molecule has 0 radical (unpaired) electrons. The maximum atomic E-state index is 11.6. The number of amides is 1. The molecule has 1 aliphatic heterocycles. The third-order valence-corrected chi connectivity index (χ3v) is 7.19. The Hall–Kier alpha value is -2.54. The molecule has 0 saturated carbocycles. The molecule has 0 aromatic carbocycles. The van der Waals surface area contributed by atoms with Crippen molar-refractivity contribution in [3.05, 3.63) is 42.1 Å². The number of aromatic nitrogens is 3. The first-order valence-electron chi connectivity index (χ1n) is 11.8. The fourth-order valence-corrected chi connectivity index (χ4v) is 5.19. The minimum atomic E-state index is 0.189. The van der Waals surface area contributed by atoms with E-state index in [0.29, 0.717) is 35.5 Å². The van der Waals surface area contributed by atoms with Crippen LogP contribution in [0.1, 0.15) is 40.0 Å². The highest BCUT2D eigenvalue weighted by molar-refractivity contribution is 5.73. The van der Waals surface area contributed by atoms with Crippen LogP contribution >= 0.6 is 0 Å². The molecular formula is C25H35N5O2. The molecule has 0 spiro atoms. The number of carbonyl (C=O) groups is 1. The van der Waals surface area contributed by atoms with Crippen molar-refractivity contribution in [3.63, 3.8) is 0 Å². The van der Waals surface area contributed by atoms with Crippen LogP contribution in [0, 0.1) is 23.7 Å². The van der Waals surface area contributed by atoms with Crippen molar-refractivity contribution in [2.24, 2.45) is 23.7 Å². The molecule has 2 aromatic rings. The smallest absolute Gasteiger partial charge is 0.247 e. The molecule has 3 unspecified atom stereocenters. The summed E-state index contributed by atoms with van der Waals surface area (Å²) < 4.78 is 5.98. The Morgan fingerprint density at radius 3 is 2.53 bits per heavy atom. The van der Waals surface area contributed by atoms with Crippen molar-refractivity contribution in [2.75, 3.05) is 32.7 Å². The highest BCUT2D eigenvalue weighted by Crippen LogP contribution is 2.39. The summed E-state index contributed by atoms with van der Waals surface area (Å²) in [7, 11) is 0. The fourth-order valence-electron chi connectivity index (χ4n) is 5.19. The zero-order valence-corrected chi connectivity index (χ0v) is 19.7. The van der Waals surface area contributed by atoms with Crippen LogP contribution in [0.5, 0.6) is 0 Å². The van der Waals surface area contributed by atoms with Crippen molar-refractivity contribution in [3.8, 4) is 11.5 Å². The molecule has 1 fully saturated rings. The number of allylic oxidation sites excluding steroid dienone is 1. The van der Waals surface area contributed by atoms with Gasteiger partial charge in [-0.1, -0.05) is 25.5 Å². The first kappa shape index (κ1) is 22.6. The van der Waals surface area contributed by atoms with Gasteiger partial charge in [-0.05, 0) is 49.1 Å². The van der Waals surface area contributed by atoms with Gasteiger partial charge in [-0.15, -0.1) is 10.2 Å². The number of carbonyl (C=O) groups excluding carboxylic acids is 1. The molecule has 0 N–H and O–H groups in total. The lowest BCUT2D eigenvalue weighted by molar-refractivity contribution is -0.130. The van der Waals surface area contributed by atoms with Crippen molar-refractivity contribution in [2.45, 2.75) is 40.5 Å². The van der Waals surface area contributed by atoms with Crippen molar-refractivity contribution < 1.29 is 9.21 Å². The van der Waals surface area contributed by atoms with Gasteiger partial charge >= 0.3 is 0 Å². The van der Waals surface area contributed by atoms with Gasteiger partial charge in [0.05, 0.1) is 0 Å². The van der Waals surface area contributed by atoms with Gasteiger partial charge in [-0.2, -0.15) is 0 Å². The second-order valence-electron chi connectivity index (χ2n) is 9.66. The summed E-state index contributed by atoms with van der Waals surface area (Å²) in [6, 6.07) is 3.78. The summed E-state index contributed by atoms with van der Waals surface area (Å²) in [5.41, 5.74) is 2.33. The molecule has 1 saturated heterocycles. The molecule has 2 aromatic heterocycles. The van der Waals surface area contributed by atoms with Gasteiger partial charge in [0.15, 0.2) is 0 Å². The first-order chi connectivity index (χ1) is 15.4. The van der Waals surface area contributed by atoms with Crippen molar-refractivity contribution in [1.29, 1.82) is 0 Å². The first-order valence-corrected chi connectivity index (χ1v) is 11.8. The molecule has 7 heteroatoms. The Balaban J connectivity index is 1.41. The zero-order chi connectivity index (χ0) is 22.7. The van der Waals surface area contributed by atoms with Gasteiger partial charge in [0.1, 0.15) is 0 Å². The van der Waals surface area contributed by atoms with E-state index in [-0.39, 0.29) is 5.91 Å². The van der Waals surface area contributed by atoms with E-state index in [2.05, 4.69) is 46.9 Å². The number of piperazine rings is 1. The average molecular weight is 438 g/mol. The maximum Gasteiger partial charge on any atom is 0.247 e. The topological polar surface area (TPSA) is 75.4 Å². The molecule has 4 rings (SSSR count). The molecule has 1 amide bonds. The Labute approximate surface area is 190 Å². The second kappa shape index (κ2) is 9.94. The van der Waals surface area contributed by atoms with Gasteiger partial charge in [-0.25, -0.2) is 0 Å². The van der Waals surface area contributed by atoms with E-state index in [4.69, 9.17) is 4.42 Å². The molecule has 0 bridgehead atoms. The summed E-state index contributed by atoms with van der Waals surface area (Å²) in [5, 5.41) is 8.56. The molecule has 3 atom stereocenters. The van der Waals surface area contributed by atoms with Crippen LogP contribution in [0.2, 0.25) is 0 Å². The number of hydrogen-bond donors (Lipinski definition) is 0. The minimum absolute atomic E-state index is 0.189. The second-order valence-corrected chi connectivity index (χ2v) is 9.66. The van der Waals surface area contributed by atoms with Gasteiger partial charge in [0.2, 0.25) is 17.7 Å². The molecule has 7 nitrogen and oxygen atoms in total. The van der Waals surface area contributed by atoms with Gasteiger partial charge in [0, 0.05) is 64.0 Å². The SMILES string of the molecule is CC(=O)N1CCN(CC2C=C(C)C(Cc3nnc(-c4ccncc4)o3)CC2C(C)C)CC1. The Morgan fingerprint density at radius 2 is 1.88 bits per heavy atom. The van der Waals surface area contributed by atoms with E-state index in [1.54, 1.807) is 19.3 Å². The van der Waals surface area contributed by atoms with Crippen LogP contribution in [0.3, 0.4) is 0 Å². The molecule has 3 heterocycles. The van der Waals surface area contributed by atoms with E-state index in [1.165, 1.54) is 5.57 Å². The van der Waals surface area contributed by atoms with Crippen LogP contribution in [0.15, 0.2) is 40.6 Å². The number of rotatable bonds is 6. The molecule has 2 aliphatic rings. The van der Waals surface area contributed by atoms with E-state index < -0.39 is 0 Å². The maximum absolute atomic E-state index is 11.6. The van der Waals surface area contributed by atoms with E-state index >= 15 is 0 Å². The van der Waals surface area contributed by atoms with Crippen LogP contribution in [0.25, 0.3) is 11.5 Å². The summed E-state index contributed by atoms with van der Waals surface area (Å²) in [6.07, 6.45) is 7.90. The summed E-state index contributed by atoms with van der Waals surface area (Å²) in [4.78, 5) is 20.2. The molecule has 32 heavy (non-hydrogen) atoms. The van der Waals surface area contributed by atoms with E-state index in [9.17, 15) is 4.79 Å². The van der Waals surface area contributed by atoms with Crippen LogP contribution in [0.4, 0.5) is 0 Å². The Bertz CT molecular complexity index is 931. The monoisotopic (exact) mass is 437 g/mol. The number of hydrogen-bond acceptors (Lipinski definition) is 6. The van der Waals surface area contributed by atoms with Gasteiger partial charge < -0.3 is 9.32 Å². The molecule has 172 valence electrons. The third kappa shape index (κ3) is 5.26. The normalized spacial score (nSPS) is 24.6. The molecule has 1 aliphatic carbocycles. The summed E-state index contributed by atoms with van der Waals surface area (Å²) in [5.74, 6) is 3.66. The van der Waals surface area contributed by atoms with Crippen molar-refractivity contribution in [1.82, 2.24) is 25.0 Å². The average Bonchev–Trinajstić information content (AvgIpc) is 3.25. The largest absolute Gasteiger partial charge is 0.421 e. The van der Waals surface area contributed by atoms with Crippen LogP contribution < -0.4 is 0 Å². The quantitative estimate of drug-likeness (QED) is 0.642. The predicted molar refractivity (Wildman–Crippen MR) is 124 cm³/mol. The van der Waals surface area contributed by atoms with Crippen LogP contribution in [-0.2, 0) is 11.2 Å². The standard InChI is InChI=1S/C25H35N5O2/c1-17(2)23-14-21(15-24-27-28-25(32-24)20-5-7-26-8-6-20)18(3)13-22(23)16-29-9-11-30(12-10-29)19(4)31/h5-8,13,17,21-23H,9-12,14-16H2,1-4H3. The highest BCUT2D eigenvalue weighted by Gasteiger charge is 2.34. The Morgan fingerprint density at radius 1 is 1.16 bits per heavy atom. The zero-order valence-electron chi connectivity index (χ0n) is 19.7. The third-order valence-electron chi connectivity index (χ3n) is 7.19.